The second-order valence-electron chi connectivity index (χ2n) is 5.16. The fraction of sp³-hybridized carbons (Fsp3) is 0.333. The van der Waals surface area contributed by atoms with Crippen LogP contribution in [0.2, 0.25) is 5.15 Å². The molecular formula is C15H16ClN3O2. The number of benzene rings is 1. The maximum Gasteiger partial charge on any atom is 0.334 e. The minimum atomic E-state index is -0.529. The third-order valence-electron chi connectivity index (χ3n) is 3.73. The summed E-state index contributed by atoms with van der Waals surface area (Å²) in [6, 6.07) is 8.66. The van der Waals surface area contributed by atoms with Crippen molar-refractivity contribution in [2.45, 2.75) is 19.3 Å². The van der Waals surface area contributed by atoms with Crippen LogP contribution in [-0.2, 0) is 0 Å². The Morgan fingerprint density at radius 2 is 1.57 bits per heavy atom. The van der Waals surface area contributed by atoms with E-state index >= 15 is 0 Å². The van der Waals surface area contributed by atoms with E-state index in [2.05, 4.69) is 9.88 Å². The van der Waals surface area contributed by atoms with Crippen molar-refractivity contribution >= 4 is 17.3 Å². The Labute approximate surface area is 126 Å². The van der Waals surface area contributed by atoms with Gasteiger partial charge in [0.05, 0.1) is 5.69 Å². The van der Waals surface area contributed by atoms with E-state index < -0.39 is 11.2 Å². The van der Waals surface area contributed by atoms with Gasteiger partial charge in [0, 0.05) is 24.8 Å². The second kappa shape index (κ2) is 5.77. The number of nitrogens with zero attached hydrogens (tertiary/aromatic N) is 2. The molecule has 0 bridgehead atoms. The van der Waals surface area contributed by atoms with Crippen molar-refractivity contribution < 1.29 is 0 Å². The van der Waals surface area contributed by atoms with Crippen LogP contribution in [0.1, 0.15) is 19.3 Å². The molecule has 0 radical (unpaired) electrons. The molecule has 0 amide bonds. The average molecular weight is 306 g/mol. The first-order valence-corrected chi connectivity index (χ1v) is 7.40. The van der Waals surface area contributed by atoms with Crippen LogP contribution >= 0.6 is 11.6 Å². The summed E-state index contributed by atoms with van der Waals surface area (Å²) in [6.45, 7) is 2.11. The predicted molar refractivity (Wildman–Crippen MR) is 83.7 cm³/mol. The summed E-state index contributed by atoms with van der Waals surface area (Å²) in [5.41, 5.74) is 0.697. The quantitative estimate of drug-likeness (QED) is 0.865. The summed E-state index contributed by atoms with van der Waals surface area (Å²) in [5.74, 6) is 0. The number of H-pyrrole nitrogens is 1. The predicted octanol–water partition coefficient (Wildman–Crippen LogP) is 2.17. The van der Waals surface area contributed by atoms with Crippen LogP contribution in [0.5, 0.6) is 0 Å². The van der Waals surface area contributed by atoms with Gasteiger partial charge >= 0.3 is 5.69 Å². The molecule has 2 aromatic rings. The summed E-state index contributed by atoms with van der Waals surface area (Å²) in [7, 11) is 0. The van der Waals surface area contributed by atoms with E-state index in [0.717, 1.165) is 23.3 Å². The number of hydrogen-bond acceptors (Lipinski definition) is 3. The van der Waals surface area contributed by atoms with Crippen molar-refractivity contribution in [3.63, 3.8) is 0 Å². The van der Waals surface area contributed by atoms with Gasteiger partial charge in [0.2, 0.25) is 0 Å². The van der Waals surface area contributed by atoms with Crippen LogP contribution in [-0.4, -0.2) is 22.6 Å². The highest BCUT2D eigenvalue weighted by molar-refractivity contribution is 6.29. The first kappa shape index (κ1) is 13.9. The average Bonchev–Trinajstić information content (AvgIpc) is 2.48. The Hall–Kier alpha value is -2.01. The van der Waals surface area contributed by atoms with Crippen molar-refractivity contribution in [3.05, 3.63) is 56.3 Å². The Morgan fingerprint density at radius 1 is 0.952 bits per heavy atom. The van der Waals surface area contributed by atoms with Gasteiger partial charge in [0.1, 0.15) is 5.15 Å². The maximum atomic E-state index is 11.9. The third-order valence-corrected chi connectivity index (χ3v) is 3.93. The molecule has 0 saturated carbocycles. The molecule has 3 rings (SSSR count). The topological polar surface area (TPSA) is 58.1 Å². The number of hydrogen-bond donors (Lipinski definition) is 1. The summed E-state index contributed by atoms with van der Waals surface area (Å²) in [5, 5.41) is 0.0474. The molecule has 5 nitrogen and oxygen atoms in total. The van der Waals surface area contributed by atoms with Crippen molar-refractivity contribution in [3.8, 4) is 5.69 Å². The minimum absolute atomic E-state index is 0.0474. The Balaban J connectivity index is 1.94. The Bertz CT molecular complexity index is 711. The molecular weight excluding hydrogens is 290 g/mol. The van der Waals surface area contributed by atoms with Crippen LogP contribution in [0, 0.1) is 0 Å². The lowest BCUT2D eigenvalue weighted by molar-refractivity contribution is 0.578. The number of halogens is 1. The molecule has 1 saturated heterocycles. The van der Waals surface area contributed by atoms with Gasteiger partial charge in [-0.1, -0.05) is 11.6 Å². The molecule has 6 heteroatoms. The number of piperidine rings is 1. The third kappa shape index (κ3) is 2.88. The zero-order chi connectivity index (χ0) is 14.8. The molecule has 0 atom stereocenters. The smallest absolute Gasteiger partial charge is 0.334 e. The second-order valence-corrected chi connectivity index (χ2v) is 5.57. The Morgan fingerprint density at radius 3 is 2.19 bits per heavy atom. The standard InChI is InChI=1S/C15H16ClN3O2/c16-13-10-14(20)19(15(21)17-13)12-6-4-11(5-7-12)18-8-2-1-3-9-18/h4-7,10H,1-3,8-9H2,(H,17,21). The first-order chi connectivity index (χ1) is 10.1. The zero-order valence-corrected chi connectivity index (χ0v) is 12.3. The Kier molecular flexibility index (Phi) is 3.84. The van der Waals surface area contributed by atoms with Crippen LogP contribution in [0.3, 0.4) is 0 Å². The van der Waals surface area contributed by atoms with Crippen molar-refractivity contribution in [2.75, 3.05) is 18.0 Å². The van der Waals surface area contributed by atoms with Gasteiger partial charge in [0.15, 0.2) is 0 Å². The van der Waals surface area contributed by atoms with Crippen molar-refractivity contribution in [1.82, 2.24) is 9.55 Å². The number of nitrogens with one attached hydrogen (secondary N) is 1. The lowest BCUT2D eigenvalue weighted by Gasteiger charge is -2.28. The van der Waals surface area contributed by atoms with Gasteiger partial charge in [-0.05, 0) is 43.5 Å². The van der Waals surface area contributed by atoms with Gasteiger partial charge in [-0.25, -0.2) is 9.36 Å². The molecule has 1 aliphatic rings. The van der Waals surface area contributed by atoms with Gasteiger partial charge in [0.25, 0.3) is 5.56 Å². The van der Waals surface area contributed by atoms with E-state index in [1.54, 1.807) is 12.1 Å². The summed E-state index contributed by atoms with van der Waals surface area (Å²) < 4.78 is 1.08. The van der Waals surface area contributed by atoms with E-state index in [1.807, 2.05) is 12.1 Å². The fourth-order valence-electron chi connectivity index (χ4n) is 2.68. The van der Waals surface area contributed by atoms with Crippen molar-refractivity contribution in [2.24, 2.45) is 0 Å². The fourth-order valence-corrected chi connectivity index (χ4v) is 2.85. The summed E-state index contributed by atoms with van der Waals surface area (Å²) in [6.07, 6.45) is 3.69. The lowest BCUT2D eigenvalue weighted by atomic mass is 10.1. The van der Waals surface area contributed by atoms with E-state index in [0.29, 0.717) is 5.69 Å². The molecule has 1 fully saturated rings. The highest BCUT2D eigenvalue weighted by Gasteiger charge is 2.11. The molecule has 1 N–H and O–H groups in total. The van der Waals surface area contributed by atoms with Crippen molar-refractivity contribution in [1.29, 1.82) is 0 Å². The van der Waals surface area contributed by atoms with E-state index in [1.165, 1.54) is 25.3 Å². The highest BCUT2D eigenvalue weighted by Crippen LogP contribution is 2.20. The van der Waals surface area contributed by atoms with E-state index in [4.69, 9.17) is 11.6 Å². The summed E-state index contributed by atoms with van der Waals surface area (Å²) >= 11 is 5.66. The molecule has 0 unspecified atom stereocenters. The molecule has 2 heterocycles. The van der Waals surface area contributed by atoms with Crippen LogP contribution in [0.4, 0.5) is 5.69 Å². The largest absolute Gasteiger partial charge is 0.372 e. The van der Waals surface area contributed by atoms with Crippen LogP contribution in [0.25, 0.3) is 5.69 Å². The van der Waals surface area contributed by atoms with Gasteiger partial charge in [-0.2, -0.15) is 0 Å². The molecule has 1 aliphatic heterocycles. The van der Waals surface area contributed by atoms with Crippen LogP contribution in [0.15, 0.2) is 39.9 Å². The highest BCUT2D eigenvalue weighted by atomic mass is 35.5. The van der Waals surface area contributed by atoms with E-state index in [-0.39, 0.29) is 5.15 Å². The molecule has 21 heavy (non-hydrogen) atoms. The van der Waals surface area contributed by atoms with Crippen LogP contribution < -0.4 is 16.1 Å². The van der Waals surface area contributed by atoms with Gasteiger partial charge in [-0.3, -0.25) is 9.78 Å². The van der Waals surface area contributed by atoms with Gasteiger partial charge in [-0.15, -0.1) is 0 Å². The first-order valence-electron chi connectivity index (χ1n) is 7.02. The van der Waals surface area contributed by atoms with E-state index in [9.17, 15) is 9.59 Å². The number of aromatic nitrogens is 2. The zero-order valence-electron chi connectivity index (χ0n) is 11.5. The number of anilines is 1. The normalized spacial score (nSPS) is 15.2. The molecule has 110 valence electrons. The number of rotatable bonds is 2. The molecule has 0 spiro atoms. The molecule has 0 aliphatic carbocycles. The molecule has 1 aromatic carbocycles. The monoisotopic (exact) mass is 305 g/mol. The SMILES string of the molecule is O=c1cc(Cl)[nH]c(=O)n1-c1ccc(N2CCCCC2)cc1. The lowest BCUT2D eigenvalue weighted by Crippen LogP contribution is -2.33. The molecule has 1 aromatic heterocycles. The summed E-state index contributed by atoms with van der Waals surface area (Å²) in [4.78, 5) is 28.5. The van der Waals surface area contributed by atoms with Gasteiger partial charge < -0.3 is 4.90 Å². The maximum absolute atomic E-state index is 11.9. The minimum Gasteiger partial charge on any atom is -0.372 e. The number of aromatic amines is 1.